The first-order valence-corrected chi connectivity index (χ1v) is 35.7. The smallest absolute Gasteiger partial charge is 0.307 e. The van der Waals surface area contributed by atoms with E-state index in [0.29, 0.717) is 42.6 Å². The van der Waals surface area contributed by atoms with Crippen molar-refractivity contribution in [3.05, 3.63) is 162 Å². The van der Waals surface area contributed by atoms with Crippen molar-refractivity contribution in [3.63, 3.8) is 0 Å². The predicted octanol–water partition coefficient (Wildman–Crippen LogP) is 15.5. The summed E-state index contributed by atoms with van der Waals surface area (Å²) >= 11 is 0. The average Bonchev–Trinajstić information content (AvgIpc) is 0.884. The molecule has 21 heteroatoms. The van der Waals surface area contributed by atoms with E-state index in [4.69, 9.17) is 41.1 Å². The van der Waals surface area contributed by atoms with Crippen LogP contribution in [-0.4, -0.2) is 150 Å². The summed E-state index contributed by atoms with van der Waals surface area (Å²) in [5.74, 6) is -4.00. The molecule has 9 N–H and O–H groups in total. The van der Waals surface area contributed by atoms with Crippen LogP contribution in [0.4, 0.5) is 28.4 Å². The summed E-state index contributed by atoms with van der Waals surface area (Å²) in [5, 5.41) is 55.6. The van der Waals surface area contributed by atoms with Gasteiger partial charge in [0.15, 0.2) is 12.6 Å². The van der Waals surface area contributed by atoms with E-state index in [9.17, 15) is 38.4 Å². The van der Waals surface area contributed by atoms with Crippen molar-refractivity contribution < 1.29 is 73.7 Å². The summed E-state index contributed by atoms with van der Waals surface area (Å²) in [7, 11) is 3.80. The number of carbonyl (C=O) groups is 8. The molecule has 5 aromatic rings. The number of carboxylic acids is 5. The number of unbranched alkanes of at least 4 members (excludes halogenated alkanes) is 10. The number of aliphatic carboxylic acids is 5. The number of carboxylic acid groups (broad SMARTS) is 5. The fourth-order valence-corrected chi connectivity index (χ4v) is 10.1. The second kappa shape index (κ2) is 56.1. The molecule has 0 aliphatic carbocycles. The third kappa shape index (κ3) is 44.2. The minimum Gasteiger partial charge on any atom is -0.515 e. The van der Waals surface area contributed by atoms with Crippen LogP contribution in [0.15, 0.2) is 134 Å². The van der Waals surface area contributed by atoms with Gasteiger partial charge in [-0.15, -0.1) is 0 Å². The van der Waals surface area contributed by atoms with Crippen molar-refractivity contribution in [1.29, 1.82) is 0 Å². The van der Waals surface area contributed by atoms with Gasteiger partial charge in [-0.25, -0.2) is 0 Å². The quantitative estimate of drug-likeness (QED) is 0.00448. The number of hydrogen-bond acceptors (Lipinski definition) is 16. The molecule has 0 spiro atoms. The average molecular weight is 1400 g/mol. The number of allylic oxidation sites excluding steroid dienone is 2. The number of nitrogen functional groups attached to an aromatic ring is 1. The van der Waals surface area contributed by atoms with E-state index in [1.54, 1.807) is 24.3 Å². The fourth-order valence-electron chi connectivity index (χ4n) is 10.1. The van der Waals surface area contributed by atoms with Gasteiger partial charge in [0, 0.05) is 119 Å². The number of hydrogen-bond donors (Lipinski definition) is 8. The first-order valence-electron chi connectivity index (χ1n) is 35.7. The van der Waals surface area contributed by atoms with Crippen molar-refractivity contribution in [3.8, 4) is 0 Å². The van der Waals surface area contributed by atoms with Crippen LogP contribution in [0, 0.1) is 0 Å². The Hall–Kier alpha value is -9.66. The number of ether oxygens (including phenoxy) is 1. The third-order valence-electron chi connectivity index (χ3n) is 15.7. The molecule has 0 heterocycles. The molecule has 0 atom stereocenters. The van der Waals surface area contributed by atoms with E-state index in [-0.39, 0.29) is 43.6 Å². The number of nitrogens with one attached hydrogen (secondary N) is 1. The molecule has 0 saturated heterocycles. The molecule has 0 bridgehead atoms. The number of nitrogens with zero attached hydrogens (tertiary/aromatic N) is 4. The highest BCUT2D eigenvalue weighted by Crippen LogP contribution is 2.24. The lowest BCUT2D eigenvalue weighted by Crippen LogP contribution is -2.25. The van der Waals surface area contributed by atoms with Gasteiger partial charge in [-0.1, -0.05) is 133 Å². The largest absolute Gasteiger partial charge is 0.515 e. The minimum atomic E-state index is -0.824. The molecular formula is C80H116N6O15. The van der Waals surface area contributed by atoms with Gasteiger partial charge < -0.3 is 66.0 Å². The molecule has 5 rings (SSSR count). The maximum Gasteiger partial charge on any atom is 0.307 e. The summed E-state index contributed by atoms with van der Waals surface area (Å²) < 4.78 is 4.94. The monoisotopic (exact) mass is 1400 g/mol. The van der Waals surface area contributed by atoms with E-state index < -0.39 is 29.8 Å². The lowest BCUT2D eigenvalue weighted by molar-refractivity contribution is -0.143. The maximum atomic E-state index is 11.3. The number of benzene rings is 5. The minimum absolute atomic E-state index is 0.0558. The van der Waals surface area contributed by atoms with Gasteiger partial charge >= 0.3 is 35.8 Å². The highest BCUT2D eigenvalue weighted by atomic mass is 16.5. The number of aliphatic hydroxyl groups excluding tert-OH is 1. The molecule has 0 aliphatic rings. The van der Waals surface area contributed by atoms with E-state index in [2.05, 4.69) is 59.8 Å². The molecular weight excluding hydrogens is 1280 g/mol. The number of carbonyl (C=O) groups excluding carboxylic acids is 3. The van der Waals surface area contributed by atoms with Gasteiger partial charge in [0.1, 0.15) is 0 Å². The van der Waals surface area contributed by atoms with E-state index >= 15 is 0 Å². The van der Waals surface area contributed by atoms with Crippen LogP contribution in [0.5, 0.6) is 0 Å². The number of aldehydes is 2. The number of esters is 1. The summed E-state index contributed by atoms with van der Waals surface area (Å²) in [6, 6.07) is 37.8. The molecule has 0 amide bonds. The van der Waals surface area contributed by atoms with Crippen molar-refractivity contribution in [2.24, 2.45) is 0 Å². The van der Waals surface area contributed by atoms with Gasteiger partial charge in [0.05, 0.1) is 37.7 Å². The Morgan fingerprint density at radius 3 is 1.08 bits per heavy atom. The zero-order chi connectivity index (χ0) is 75.0. The number of aliphatic hydroxyl groups is 1. The normalized spacial score (nSPS) is 10.7. The van der Waals surface area contributed by atoms with Crippen LogP contribution < -0.4 is 25.8 Å². The lowest BCUT2D eigenvalue weighted by Gasteiger charge is -2.25. The molecule has 0 saturated carbocycles. The van der Waals surface area contributed by atoms with Gasteiger partial charge in [-0.05, 0) is 160 Å². The molecule has 556 valence electrons. The standard InChI is InChI=1S/C21H32N2O3.C20H31NO4.C19H27NO4.C12H17NO2.C8H9NO2/c1-4-5-14-23(15-8-6-7-9-21(25)26)20-12-10-18(11-13-20)19(17-24)16-22(2)3;1-3-5-14-21(15-8-6-7-9-20(24)25-4-2)18-12-10-17(11-13-18)16-19(22)23;1-2-3-12-20(13-6-4-5-7-19(23)24)18-10-8-16(9-11-18)17(14-21)15-22;1-2-3-8-13-11-6-4-10(5-7-11)9-12(14)15;9-7-3-1-6(2-4-7)5-8(10)11/h10-13,16-17H,4-9,14-15H2,1-3H3,(H,25,26);10-13H,3-9,14-16H2,1-2H3,(H,22,23);8-11,14-15,21H,2-7,12-13H2,1H3,(H,23,24);4-7,13H,2-3,8-9H2,1H3,(H,14,15);1-4H,5,9H2,(H,10,11)/b19-16-;;17-14-;;. The van der Waals surface area contributed by atoms with Crippen LogP contribution >= 0.6 is 0 Å². The van der Waals surface area contributed by atoms with Crippen molar-refractivity contribution in [2.45, 2.75) is 182 Å². The van der Waals surface area contributed by atoms with Crippen molar-refractivity contribution in [1.82, 2.24) is 4.90 Å². The molecule has 101 heavy (non-hydrogen) atoms. The van der Waals surface area contributed by atoms with E-state index in [1.165, 1.54) is 6.42 Å². The summed E-state index contributed by atoms with van der Waals surface area (Å²) in [6.07, 6.45) is 22.4. The van der Waals surface area contributed by atoms with E-state index in [1.807, 2.05) is 117 Å². The van der Waals surface area contributed by atoms with Crippen LogP contribution in [0.1, 0.15) is 191 Å². The summed E-state index contributed by atoms with van der Waals surface area (Å²) in [4.78, 5) is 94.9. The summed E-state index contributed by atoms with van der Waals surface area (Å²) in [6.45, 7) is 17.6. The van der Waals surface area contributed by atoms with Crippen LogP contribution in [-0.2, 0) is 62.4 Å². The molecule has 21 nitrogen and oxygen atoms in total. The Morgan fingerprint density at radius 1 is 0.416 bits per heavy atom. The topological polar surface area (TPSA) is 318 Å². The van der Waals surface area contributed by atoms with Gasteiger partial charge in [0.25, 0.3) is 0 Å². The highest BCUT2D eigenvalue weighted by Gasteiger charge is 2.13. The van der Waals surface area contributed by atoms with Crippen LogP contribution in [0.3, 0.4) is 0 Å². The van der Waals surface area contributed by atoms with Gasteiger partial charge in [0.2, 0.25) is 0 Å². The SMILES string of the molecule is CCCCN(CCCCCC(=O)O)c1ccc(/C(C=O)=C\N(C)C)cc1.CCCCN(CCCCCC(=O)O)c1ccc(/C(C=O)=C\O)cc1.CCCCN(CCCCCC(=O)OCC)c1ccc(CC(=O)O)cc1.CCCCNc1ccc(CC(=O)O)cc1.Nc1ccc(CC(=O)O)cc1. The zero-order valence-electron chi connectivity index (χ0n) is 61.0. The second-order valence-electron chi connectivity index (χ2n) is 24.6. The second-order valence-corrected chi connectivity index (χ2v) is 24.6. The highest BCUT2D eigenvalue weighted by molar-refractivity contribution is 6.07. The Balaban J connectivity index is 0.000000648. The molecule has 0 fully saturated rings. The Labute approximate surface area is 600 Å². The molecule has 0 unspecified atom stereocenters. The number of anilines is 5. The lowest BCUT2D eigenvalue weighted by atomic mass is 10.1. The number of rotatable bonds is 46. The van der Waals surface area contributed by atoms with Crippen LogP contribution in [0.2, 0.25) is 0 Å². The third-order valence-corrected chi connectivity index (χ3v) is 15.7. The van der Waals surface area contributed by atoms with Gasteiger partial charge in [-0.2, -0.15) is 0 Å². The summed E-state index contributed by atoms with van der Waals surface area (Å²) in [5.41, 5.74) is 15.4. The first kappa shape index (κ1) is 89.4. The maximum absolute atomic E-state index is 11.3. The molecule has 0 aromatic heterocycles. The molecule has 5 aromatic carbocycles. The van der Waals surface area contributed by atoms with Crippen molar-refractivity contribution in [2.75, 3.05) is 92.3 Å². The van der Waals surface area contributed by atoms with Gasteiger partial charge in [-0.3, -0.25) is 38.4 Å². The zero-order valence-corrected chi connectivity index (χ0v) is 61.0. The molecule has 0 aliphatic heterocycles. The Morgan fingerprint density at radius 2 is 0.752 bits per heavy atom. The Bertz CT molecular complexity index is 3160. The number of nitrogens with two attached hydrogens (primary N) is 1. The van der Waals surface area contributed by atoms with E-state index in [0.717, 1.165) is 200 Å². The van der Waals surface area contributed by atoms with Crippen molar-refractivity contribution >= 4 is 88.0 Å². The molecule has 0 radical (unpaired) electrons. The predicted molar refractivity (Wildman–Crippen MR) is 407 cm³/mol. The fraction of sp³-hybridized carbons (Fsp3) is 0.475. The van der Waals surface area contributed by atoms with Crippen LogP contribution in [0.25, 0.3) is 11.1 Å². The Kier molecular flexibility index (Phi) is 49.7. The first-order chi connectivity index (χ1) is 48.6.